The molecule has 0 bridgehead atoms. The van der Waals surface area contributed by atoms with Gasteiger partial charge in [-0.15, -0.1) is 13.2 Å². The molecule has 0 aliphatic heterocycles. The van der Waals surface area contributed by atoms with Crippen LogP contribution in [0, 0.1) is 29.3 Å². The molecule has 0 radical (unpaired) electrons. The normalized spacial score (nSPS) is 11.3. The van der Waals surface area contributed by atoms with Gasteiger partial charge >= 0.3 is 6.36 Å². The molecule has 0 spiro atoms. The Bertz CT molecular complexity index is 1470. The average molecular weight is 527 g/mol. The van der Waals surface area contributed by atoms with Crippen LogP contribution in [0.5, 0.6) is 5.75 Å². The molecule has 0 fully saturated rings. The van der Waals surface area contributed by atoms with Crippen molar-refractivity contribution in [2.45, 2.75) is 45.4 Å². The SMILES string of the molecule is CCCCc1ccc(C#Cc2ccc3c(F)c(CCc4cc(F)c(OC(F)(F)F)c(F)c4)ccc3c2)cc1. The number of alkyl halides is 3. The van der Waals surface area contributed by atoms with Crippen LogP contribution in [-0.4, -0.2) is 6.36 Å². The second-order valence-electron chi connectivity index (χ2n) is 8.96. The van der Waals surface area contributed by atoms with E-state index in [1.165, 1.54) is 5.56 Å². The fourth-order valence-electron chi connectivity index (χ4n) is 4.14. The number of hydrogen-bond acceptors (Lipinski definition) is 1. The maximum atomic E-state index is 15.2. The number of halogens is 6. The Morgan fingerprint density at radius 1 is 0.711 bits per heavy atom. The number of aryl methyl sites for hydroxylation is 3. The van der Waals surface area contributed by atoms with E-state index in [2.05, 4.69) is 35.6 Å². The van der Waals surface area contributed by atoms with Crippen LogP contribution in [0.2, 0.25) is 0 Å². The third-order valence-corrected chi connectivity index (χ3v) is 6.12. The molecule has 0 aliphatic carbocycles. The molecule has 0 amide bonds. The summed E-state index contributed by atoms with van der Waals surface area (Å²) >= 11 is 0. The molecule has 7 heteroatoms. The number of hydrogen-bond donors (Lipinski definition) is 0. The van der Waals surface area contributed by atoms with E-state index in [4.69, 9.17) is 0 Å². The van der Waals surface area contributed by atoms with Crippen molar-refractivity contribution in [3.8, 4) is 17.6 Å². The summed E-state index contributed by atoms with van der Waals surface area (Å²) < 4.78 is 83.5. The first-order valence-electron chi connectivity index (χ1n) is 12.2. The minimum absolute atomic E-state index is 0.0172. The molecule has 0 saturated carbocycles. The Kier molecular flexibility index (Phi) is 8.31. The second kappa shape index (κ2) is 11.6. The van der Waals surface area contributed by atoms with Gasteiger partial charge in [-0.2, -0.15) is 0 Å². The van der Waals surface area contributed by atoms with Crippen LogP contribution in [-0.2, 0) is 19.3 Å². The monoisotopic (exact) mass is 526 g/mol. The van der Waals surface area contributed by atoms with Crippen LogP contribution in [0.1, 0.15) is 47.6 Å². The van der Waals surface area contributed by atoms with Gasteiger partial charge in [-0.05, 0) is 84.2 Å². The minimum atomic E-state index is -5.22. The lowest BCUT2D eigenvalue weighted by Crippen LogP contribution is -2.19. The van der Waals surface area contributed by atoms with Crippen LogP contribution < -0.4 is 4.74 Å². The molecule has 0 unspecified atom stereocenters. The highest BCUT2D eigenvalue weighted by molar-refractivity contribution is 5.85. The number of rotatable bonds is 7. The summed E-state index contributed by atoms with van der Waals surface area (Å²) in [6.07, 6.45) is -1.78. The summed E-state index contributed by atoms with van der Waals surface area (Å²) in [5.41, 5.74) is 3.29. The first-order chi connectivity index (χ1) is 18.1. The van der Waals surface area contributed by atoms with E-state index in [0.717, 1.165) is 42.5 Å². The van der Waals surface area contributed by atoms with Gasteiger partial charge in [-0.3, -0.25) is 0 Å². The van der Waals surface area contributed by atoms with Gasteiger partial charge in [0.2, 0.25) is 5.75 Å². The van der Waals surface area contributed by atoms with Gasteiger partial charge in [0.05, 0.1) is 0 Å². The van der Waals surface area contributed by atoms with E-state index < -0.39 is 29.6 Å². The molecule has 1 nitrogen and oxygen atoms in total. The van der Waals surface area contributed by atoms with Crippen LogP contribution in [0.25, 0.3) is 10.8 Å². The van der Waals surface area contributed by atoms with Gasteiger partial charge < -0.3 is 4.74 Å². The standard InChI is InChI=1S/C31H24F6O/c1-2-3-4-20-5-7-21(8-6-20)9-10-22-12-16-26-25(17-22)15-14-24(29(26)34)13-11-23-18-27(32)30(28(33)19-23)38-31(35,36)37/h5-8,12,14-19H,2-4,11,13H2,1H3. The molecule has 4 aromatic carbocycles. The van der Waals surface area contributed by atoms with Gasteiger partial charge in [0.15, 0.2) is 11.6 Å². The number of fused-ring (bicyclic) bond motifs is 1. The number of benzene rings is 4. The van der Waals surface area contributed by atoms with E-state index in [1.54, 1.807) is 30.3 Å². The molecule has 38 heavy (non-hydrogen) atoms. The topological polar surface area (TPSA) is 9.23 Å². The van der Waals surface area contributed by atoms with Gasteiger partial charge in [0.1, 0.15) is 5.82 Å². The Labute approximate surface area is 217 Å². The molecule has 196 valence electrons. The third-order valence-electron chi connectivity index (χ3n) is 6.12. The molecule has 0 N–H and O–H groups in total. The first kappa shape index (κ1) is 27.1. The first-order valence-corrected chi connectivity index (χ1v) is 12.2. The Morgan fingerprint density at radius 3 is 2.03 bits per heavy atom. The fourth-order valence-corrected chi connectivity index (χ4v) is 4.14. The summed E-state index contributed by atoms with van der Waals surface area (Å²) in [5.74, 6) is 1.29. The molecular weight excluding hydrogens is 502 g/mol. The van der Waals surface area contributed by atoms with Gasteiger partial charge in [-0.25, -0.2) is 13.2 Å². The lowest BCUT2D eigenvalue weighted by atomic mass is 9.99. The lowest BCUT2D eigenvalue weighted by molar-refractivity contribution is -0.276. The van der Waals surface area contributed by atoms with Crippen LogP contribution >= 0.6 is 0 Å². The van der Waals surface area contributed by atoms with Crippen molar-refractivity contribution in [3.05, 3.63) is 112 Å². The summed E-state index contributed by atoms with van der Waals surface area (Å²) in [6.45, 7) is 2.16. The maximum absolute atomic E-state index is 15.2. The quantitative estimate of drug-likeness (QED) is 0.173. The highest BCUT2D eigenvalue weighted by Crippen LogP contribution is 2.30. The summed E-state index contributed by atoms with van der Waals surface area (Å²) in [5, 5.41) is 1.03. The van der Waals surface area contributed by atoms with E-state index in [9.17, 15) is 22.0 Å². The van der Waals surface area contributed by atoms with Crippen molar-refractivity contribution in [1.29, 1.82) is 0 Å². The maximum Gasteiger partial charge on any atom is 0.573 e. The van der Waals surface area contributed by atoms with E-state index in [1.807, 2.05) is 12.1 Å². The van der Waals surface area contributed by atoms with Crippen LogP contribution in [0.15, 0.2) is 66.7 Å². The fraction of sp³-hybridized carbons (Fsp3) is 0.226. The Hall–Kier alpha value is -3.92. The predicted octanol–water partition coefficient (Wildman–Crippen LogP) is 8.68. The summed E-state index contributed by atoms with van der Waals surface area (Å²) in [6, 6.07) is 18.1. The molecule has 0 heterocycles. The second-order valence-corrected chi connectivity index (χ2v) is 8.96. The zero-order valence-electron chi connectivity index (χ0n) is 20.6. The molecule has 0 saturated heterocycles. The van der Waals surface area contributed by atoms with Gasteiger partial charge in [0, 0.05) is 16.5 Å². The molecule has 4 aromatic rings. The van der Waals surface area contributed by atoms with Crippen LogP contribution in [0.4, 0.5) is 26.3 Å². The molecule has 0 aliphatic rings. The largest absolute Gasteiger partial charge is 0.573 e. The minimum Gasteiger partial charge on any atom is -0.399 e. The Balaban J connectivity index is 1.47. The van der Waals surface area contributed by atoms with Crippen molar-refractivity contribution < 1.29 is 31.1 Å². The smallest absolute Gasteiger partial charge is 0.399 e. The van der Waals surface area contributed by atoms with Gasteiger partial charge in [0.25, 0.3) is 0 Å². The van der Waals surface area contributed by atoms with Crippen molar-refractivity contribution >= 4 is 10.8 Å². The van der Waals surface area contributed by atoms with Crippen molar-refractivity contribution in [2.75, 3.05) is 0 Å². The Morgan fingerprint density at radius 2 is 1.37 bits per heavy atom. The van der Waals surface area contributed by atoms with E-state index >= 15 is 4.39 Å². The summed E-state index contributed by atoms with van der Waals surface area (Å²) in [7, 11) is 0. The van der Waals surface area contributed by atoms with Crippen molar-refractivity contribution in [2.24, 2.45) is 0 Å². The van der Waals surface area contributed by atoms with Crippen molar-refractivity contribution in [3.63, 3.8) is 0 Å². The molecule has 4 rings (SSSR count). The van der Waals surface area contributed by atoms with E-state index in [0.29, 0.717) is 16.3 Å². The molecule has 0 aromatic heterocycles. The molecule has 0 atom stereocenters. The highest BCUT2D eigenvalue weighted by atomic mass is 19.4. The van der Waals surface area contributed by atoms with Crippen LogP contribution in [0.3, 0.4) is 0 Å². The highest BCUT2D eigenvalue weighted by Gasteiger charge is 2.34. The zero-order chi connectivity index (χ0) is 27.3. The predicted molar refractivity (Wildman–Crippen MR) is 135 cm³/mol. The molecular formula is C31H24F6O. The van der Waals surface area contributed by atoms with E-state index in [-0.39, 0.29) is 18.4 Å². The zero-order valence-corrected chi connectivity index (χ0v) is 20.6. The summed E-state index contributed by atoms with van der Waals surface area (Å²) in [4.78, 5) is 0. The lowest BCUT2D eigenvalue weighted by Gasteiger charge is -2.12. The van der Waals surface area contributed by atoms with Crippen molar-refractivity contribution in [1.82, 2.24) is 0 Å². The number of ether oxygens (including phenoxy) is 1. The third kappa shape index (κ3) is 6.89. The average Bonchev–Trinajstić information content (AvgIpc) is 2.88. The number of unbranched alkanes of at least 4 members (excludes halogenated alkanes) is 1. The van der Waals surface area contributed by atoms with Gasteiger partial charge in [-0.1, -0.05) is 55.5 Å².